The van der Waals surface area contributed by atoms with Crippen molar-refractivity contribution in [2.75, 3.05) is 7.05 Å². The van der Waals surface area contributed by atoms with Gasteiger partial charge >= 0.3 is 0 Å². The first kappa shape index (κ1) is 14.7. The fraction of sp³-hybridized carbons (Fsp3) is 0.562. The van der Waals surface area contributed by atoms with Crippen molar-refractivity contribution in [2.24, 2.45) is 11.8 Å². The minimum Gasteiger partial charge on any atom is -0.298 e. The largest absolute Gasteiger partial charge is 0.298 e. The topological polar surface area (TPSA) is 54.5 Å². The van der Waals surface area contributed by atoms with Crippen molar-refractivity contribution < 1.29 is 13.2 Å². The average Bonchev–Trinajstić information content (AvgIpc) is 2.47. The van der Waals surface area contributed by atoms with Crippen LogP contribution in [0.5, 0.6) is 0 Å². The van der Waals surface area contributed by atoms with Gasteiger partial charge in [-0.1, -0.05) is 30.5 Å². The van der Waals surface area contributed by atoms with Crippen LogP contribution >= 0.6 is 0 Å². The van der Waals surface area contributed by atoms with Gasteiger partial charge in [-0.3, -0.25) is 4.79 Å². The Morgan fingerprint density at radius 2 is 1.71 bits per heavy atom. The molecule has 0 bridgehead atoms. The van der Waals surface area contributed by atoms with E-state index in [0.29, 0.717) is 0 Å². The maximum atomic E-state index is 12.7. The molecule has 0 saturated heterocycles. The summed E-state index contributed by atoms with van der Waals surface area (Å²) in [6.45, 7) is 1.92. The van der Waals surface area contributed by atoms with Gasteiger partial charge in [-0.05, 0) is 37.8 Å². The zero-order valence-corrected chi connectivity index (χ0v) is 13.3. The van der Waals surface area contributed by atoms with Gasteiger partial charge in [0.25, 0.3) is 0 Å². The molecule has 2 aliphatic rings. The number of likely N-dealkylation sites (N-methyl/N-ethyl adjacent to an activating group) is 1. The van der Waals surface area contributed by atoms with Gasteiger partial charge in [-0.15, -0.1) is 0 Å². The minimum absolute atomic E-state index is 0.0967. The molecule has 0 unspecified atom stereocenters. The third-order valence-electron chi connectivity index (χ3n) is 4.97. The Bertz CT molecular complexity index is 651. The highest BCUT2D eigenvalue weighted by molar-refractivity contribution is 7.89. The number of rotatable bonds is 3. The summed E-state index contributed by atoms with van der Waals surface area (Å²) in [6, 6.07) is 6.34. The van der Waals surface area contributed by atoms with Gasteiger partial charge in [-0.2, -0.15) is 4.31 Å². The van der Waals surface area contributed by atoms with E-state index in [1.54, 1.807) is 31.3 Å². The third kappa shape index (κ3) is 2.32. The SMILES string of the molecule is Cc1ccc(S(=O)(=O)N(C)[C@@H]2C(=O)[C@@H]3CCCC[C@@H]23)cc1. The molecule has 114 valence electrons. The van der Waals surface area contributed by atoms with E-state index in [0.717, 1.165) is 31.2 Å². The summed E-state index contributed by atoms with van der Waals surface area (Å²) in [4.78, 5) is 12.5. The molecule has 3 atom stereocenters. The lowest BCUT2D eigenvalue weighted by Crippen LogP contribution is -2.61. The molecule has 2 fully saturated rings. The molecule has 1 aromatic carbocycles. The zero-order chi connectivity index (χ0) is 15.2. The fourth-order valence-electron chi connectivity index (χ4n) is 3.68. The van der Waals surface area contributed by atoms with Crippen molar-refractivity contribution in [1.82, 2.24) is 4.31 Å². The van der Waals surface area contributed by atoms with Crippen molar-refractivity contribution in [1.29, 1.82) is 0 Å². The number of sulfonamides is 1. The van der Waals surface area contributed by atoms with Crippen molar-refractivity contribution >= 4 is 15.8 Å². The second-order valence-corrected chi connectivity index (χ2v) is 8.23. The van der Waals surface area contributed by atoms with Crippen molar-refractivity contribution in [3.8, 4) is 0 Å². The Morgan fingerprint density at radius 3 is 2.38 bits per heavy atom. The lowest BCUT2D eigenvalue weighted by Gasteiger charge is -2.49. The number of hydrogen-bond donors (Lipinski definition) is 0. The van der Waals surface area contributed by atoms with Crippen molar-refractivity contribution in [3.63, 3.8) is 0 Å². The Morgan fingerprint density at radius 1 is 1.10 bits per heavy atom. The number of ketones is 1. The highest BCUT2D eigenvalue weighted by Crippen LogP contribution is 2.45. The zero-order valence-electron chi connectivity index (χ0n) is 12.5. The Kier molecular flexibility index (Phi) is 3.66. The summed E-state index contributed by atoms with van der Waals surface area (Å²) < 4.78 is 26.6. The van der Waals surface area contributed by atoms with Crippen LogP contribution in [0.15, 0.2) is 29.2 Å². The first-order valence-corrected chi connectivity index (χ1v) is 8.95. The third-order valence-corrected chi connectivity index (χ3v) is 6.82. The summed E-state index contributed by atoms with van der Waals surface area (Å²) >= 11 is 0. The smallest absolute Gasteiger partial charge is 0.243 e. The molecule has 2 aliphatic carbocycles. The van der Waals surface area contributed by atoms with Crippen LogP contribution in [-0.2, 0) is 14.8 Å². The first-order valence-electron chi connectivity index (χ1n) is 7.51. The molecule has 0 radical (unpaired) electrons. The Balaban J connectivity index is 1.86. The van der Waals surface area contributed by atoms with E-state index in [-0.39, 0.29) is 22.5 Å². The van der Waals surface area contributed by atoms with Crippen molar-refractivity contribution in [3.05, 3.63) is 29.8 Å². The Labute approximate surface area is 126 Å². The van der Waals surface area contributed by atoms with Gasteiger partial charge < -0.3 is 0 Å². The number of nitrogens with zero attached hydrogens (tertiary/aromatic N) is 1. The van der Waals surface area contributed by atoms with Gasteiger partial charge in [-0.25, -0.2) is 8.42 Å². The van der Waals surface area contributed by atoms with Crippen LogP contribution in [0.25, 0.3) is 0 Å². The number of benzene rings is 1. The molecule has 2 saturated carbocycles. The van der Waals surface area contributed by atoms with Crippen LogP contribution in [0, 0.1) is 18.8 Å². The van der Waals surface area contributed by atoms with Gasteiger partial charge in [0.05, 0.1) is 10.9 Å². The van der Waals surface area contributed by atoms with E-state index in [1.807, 2.05) is 6.92 Å². The highest BCUT2D eigenvalue weighted by Gasteiger charge is 2.54. The monoisotopic (exact) mass is 307 g/mol. The number of carbonyl (C=O) groups is 1. The second kappa shape index (κ2) is 5.21. The molecule has 1 aromatic rings. The van der Waals surface area contributed by atoms with E-state index in [1.165, 1.54) is 4.31 Å². The molecular weight excluding hydrogens is 286 g/mol. The molecular formula is C16H21NO3S. The van der Waals surface area contributed by atoms with Crippen LogP contribution < -0.4 is 0 Å². The number of aryl methyl sites for hydroxylation is 1. The van der Waals surface area contributed by atoms with Crippen molar-refractivity contribution in [2.45, 2.75) is 43.5 Å². The second-order valence-electron chi connectivity index (χ2n) is 6.24. The minimum atomic E-state index is -3.59. The van der Waals surface area contributed by atoms with Crippen LogP contribution in [0.2, 0.25) is 0 Å². The molecule has 0 amide bonds. The lowest BCUT2D eigenvalue weighted by atomic mass is 9.61. The van der Waals surface area contributed by atoms with Gasteiger partial charge in [0.2, 0.25) is 10.0 Å². The van der Waals surface area contributed by atoms with E-state index in [9.17, 15) is 13.2 Å². The fourth-order valence-corrected chi connectivity index (χ4v) is 5.05. The molecule has 4 nitrogen and oxygen atoms in total. The average molecular weight is 307 g/mol. The number of carbonyl (C=O) groups excluding carboxylic acids is 1. The molecule has 0 heterocycles. The van der Waals surface area contributed by atoms with Gasteiger partial charge in [0, 0.05) is 13.0 Å². The first-order chi connectivity index (χ1) is 9.93. The predicted octanol–water partition coefficient (Wildman–Crippen LogP) is 2.37. The molecule has 5 heteroatoms. The molecule has 21 heavy (non-hydrogen) atoms. The quantitative estimate of drug-likeness (QED) is 0.861. The summed E-state index contributed by atoms with van der Waals surface area (Å²) in [5, 5.41) is 0. The molecule has 0 aromatic heterocycles. The summed E-state index contributed by atoms with van der Waals surface area (Å²) in [7, 11) is -2.04. The van der Waals surface area contributed by atoms with Crippen LogP contribution in [0.4, 0.5) is 0 Å². The molecule has 3 rings (SSSR count). The van der Waals surface area contributed by atoms with E-state index < -0.39 is 16.1 Å². The molecule has 0 spiro atoms. The van der Waals surface area contributed by atoms with Gasteiger partial charge in [0.1, 0.15) is 0 Å². The van der Waals surface area contributed by atoms with E-state index in [4.69, 9.17) is 0 Å². The Hall–Kier alpha value is -1.20. The predicted molar refractivity (Wildman–Crippen MR) is 80.4 cm³/mol. The highest BCUT2D eigenvalue weighted by atomic mass is 32.2. The number of Topliss-reactive ketones (excluding diaryl/α,β-unsaturated/α-hetero) is 1. The summed E-state index contributed by atoms with van der Waals surface area (Å²) in [5.74, 6) is 0.425. The summed E-state index contributed by atoms with van der Waals surface area (Å²) in [5.41, 5.74) is 1.02. The van der Waals surface area contributed by atoms with Crippen LogP contribution in [-0.4, -0.2) is 31.6 Å². The maximum absolute atomic E-state index is 12.7. The van der Waals surface area contributed by atoms with Crippen LogP contribution in [0.1, 0.15) is 31.2 Å². The van der Waals surface area contributed by atoms with E-state index >= 15 is 0 Å². The molecule has 0 aliphatic heterocycles. The number of fused-ring (bicyclic) bond motifs is 1. The van der Waals surface area contributed by atoms with E-state index in [2.05, 4.69) is 0 Å². The molecule has 0 N–H and O–H groups in total. The standard InChI is InChI=1S/C16H21NO3S/c1-11-7-9-12(10-8-11)21(19,20)17(2)15-13-5-3-4-6-14(13)16(15)18/h7-10,13-15H,3-6H2,1-2H3/t13-,14-,15+/m1/s1. The summed E-state index contributed by atoms with van der Waals surface area (Å²) in [6.07, 6.45) is 4.09. The normalized spacial score (nSPS) is 29.1. The number of hydrogen-bond acceptors (Lipinski definition) is 3. The van der Waals surface area contributed by atoms with Gasteiger partial charge in [0.15, 0.2) is 5.78 Å². The van der Waals surface area contributed by atoms with Crippen LogP contribution in [0.3, 0.4) is 0 Å². The lowest BCUT2D eigenvalue weighted by molar-refractivity contribution is -0.144. The maximum Gasteiger partial charge on any atom is 0.243 e.